The summed E-state index contributed by atoms with van der Waals surface area (Å²) in [4.78, 5) is 23.9. The highest BCUT2D eigenvalue weighted by atomic mass is 32.1. The molecule has 0 heterocycles. The van der Waals surface area contributed by atoms with Gasteiger partial charge in [-0.25, -0.2) is 0 Å². The molecule has 0 saturated heterocycles. The third-order valence-electron chi connectivity index (χ3n) is 3.97. The van der Waals surface area contributed by atoms with Crippen molar-refractivity contribution >= 4 is 34.7 Å². The number of carbonyl (C=O) groups excluding carboxylic acids is 2. The Morgan fingerprint density at radius 3 is 2.38 bits per heavy atom. The minimum Gasteiger partial charge on any atom is -0.331 e. The van der Waals surface area contributed by atoms with Gasteiger partial charge in [-0.3, -0.25) is 20.4 Å². The number of Topliss-reactive ketones (excluding diaryl/α,β-unsaturated/α-hetero) is 1. The fourth-order valence-corrected chi connectivity index (χ4v) is 2.68. The standard InChI is InChI=1S/C20H23N3O2S/c1-3-15-11-7-8-14(2)19(15)21-20(26)23-22-18(25)13-12-17(24)16-9-5-4-6-10-16/h4-11H,3,12-13H2,1-2H3,(H,22,25)(H2,21,23,26). The average molecular weight is 369 g/mol. The van der Waals surface area contributed by atoms with Crippen LogP contribution in [-0.4, -0.2) is 16.8 Å². The quantitative estimate of drug-likeness (QED) is 0.413. The highest BCUT2D eigenvalue weighted by molar-refractivity contribution is 7.80. The van der Waals surface area contributed by atoms with Crippen LogP contribution in [0.15, 0.2) is 48.5 Å². The summed E-state index contributed by atoms with van der Waals surface area (Å²) >= 11 is 5.23. The fourth-order valence-electron chi connectivity index (χ4n) is 2.53. The van der Waals surface area contributed by atoms with Crippen LogP contribution in [-0.2, 0) is 11.2 Å². The van der Waals surface area contributed by atoms with Crippen LogP contribution in [0.5, 0.6) is 0 Å². The van der Waals surface area contributed by atoms with E-state index in [9.17, 15) is 9.59 Å². The summed E-state index contributed by atoms with van der Waals surface area (Å²) in [7, 11) is 0. The van der Waals surface area contributed by atoms with Gasteiger partial charge in [-0.05, 0) is 36.7 Å². The molecular weight excluding hydrogens is 346 g/mol. The van der Waals surface area contributed by atoms with Gasteiger partial charge in [0, 0.05) is 24.1 Å². The Balaban J connectivity index is 1.79. The first-order valence-electron chi connectivity index (χ1n) is 8.53. The molecule has 136 valence electrons. The van der Waals surface area contributed by atoms with Crippen molar-refractivity contribution in [2.45, 2.75) is 33.1 Å². The summed E-state index contributed by atoms with van der Waals surface area (Å²) in [5.41, 5.74) is 8.98. The van der Waals surface area contributed by atoms with Crippen LogP contribution in [0.25, 0.3) is 0 Å². The molecule has 0 aromatic heterocycles. The second-order valence-electron chi connectivity index (χ2n) is 5.88. The Labute approximate surface area is 159 Å². The number of hydrazine groups is 1. The predicted molar refractivity (Wildman–Crippen MR) is 108 cm³/mol. The van der Waals surface area contributed by atoms with Crippen molar-refractivity contribution in [3.8, 4) is 0 Å². The van der Waals surface area contributed by atoms with Gasteiger partial charge in [0.2, 0.25) is 5.91 Å². The third kappa shape index (κ3) is 5.67. The van der Waals surface area contributed by atoms with E-state index in [-0.39, 0.29) is 24.5 Å². The number of ketones is 1. The molecule has 6 heteroatoms. The van der Waals surface area contributed by atoms with Crippen LogP contribution in [0.3, 0.4) is 0 Å². The Morgan fingerprint density at radius 1 is 0.962 bits per heavy atom. The zero-order chi connectivity index (χ0) is 18.9. The van der Waals surface area contributed by atoms with Crippen molar-refractivity contribution in [3.05, 3.63) is 65.2 Å². The Kier molecular flexibility index (Phi) is 7.29. The van der Waals surface area contributed by atoms with Crippen molar-refractivity contribution in [2.24, 2.45) is 0 Å². The number of hydrogen-bond acceptors (Lipinski definition) is 3. The first kappa shape index (κ1) is 19.6. The lowest BCUT2D eigenvalue weighted by atomic mass is 10.1. The number of hydrogen-bond donors (Lipinski definition) is 3. The van der Waals surface area contributed by atoms with Crippen LogP contribution in [0.1, 0.15) is 41.3 Å². The van der Waals surface area contributed by atoms with E-state index in [2.05, 4.69) is 23.1 Å². The van der Waals surface area contributed by atoms with Gasteiger partial charge in [0.1, 0.15) is 0 Å². The van der Waals surface area contributed by atoms with Gasteiger partial charge < -0.3 is 5.32 Å². The second kappa shape index (κ2) is 9.68. The third-order valence-corrected chi connectivity index (χ3v) is 4.17. The Morgan fingerprint density at radius 2 is 1.69 bits per heavy atom. The van der Waals surface area contributed by atoms with E-state index >= 15 is 0 Å². The number of thiocarbonyl (C=S) groups is 1. The molecule has 0 atom stereocenters. The number of anilines is 1. The molecule has 0 saturated carbocycles. The van der Waals surface area contributed by atoms with E-state index in [1.165, 1.54) is 0 Å². The summed E-state index contributed by atoms with van der Waals surface area (Å²) in [5, 5.41) is 3.42. The zero-order valence-corrected chi connectivity index (χ0v) is 15.8. The number of carbonyl (C=O) groups is 2. The van der Waals surface area contributed by atoms with Crippen molar-refractivity contribution in [3.63, 3.8) is 0 Å². The second-order valence-corrected chi connectivity index (χ2v) is 6.29. The van der Waals surface area contributed by atoms with Crippen molar-refractivity contribution < 1.29 is 9.59 Å². The molecule has 0 aliphatic carbocycles. The Hall–Kier alpha value is -2.73. The molecule has 26 heavy (non-hydrogen) atoms. The van der Waals surface area contributed by atoms with Gasteiger partial charge in [0.15, 0.2) is 10.9 Å². The molecule has 0 aliphatic rings. The largest absolute Gasteiger partial charge is 0.331 e. The SMILES string of the molecule is CCc1cccc(C)c1NC(=S)NNC(=O)CCC(=O)c1ccccc1. The normalized spacial score (nSPS) is 10.1. The van der Waals surface area contributed by atoms with Crippen LogP contribution >= 0.6 is 12.2 Å². The first-order chi connectivity index (χ1) is 12.5. The lowest BCUT2D eigenvalue weighted by Crippen LogP contribution is -2.44. The summed E-state index contributed by atoms with van der Waals surface area (Å²) in [6, 6.07) is 15.0. The van der Waals surface area contributed by atoms with Crippen LogP contribution in [0, 0.1) is 6.92 Å². The highest BCUT2D eigenvalue weighted by Crippen LogP contribution is 2.20. The van der Waals surface area contributed by atoms with Gasteiger partial charge in [-0.1, -0.05) is 55.5 Å². The Bertz CT molecular complexity index is 791. The zero-order valence-electron chi connectivity index (χ0n) is 15.0. The fraction of sp³-hybridized carbons (Fsp3) is 0.250. The molecule has 0 bridgehead atoms. The summed E-state index contributed by atoms with van der Waals surface area (Å²) in [6.07, 6.45) is 1.12. The topological polar surface area (TPSA) is 70.2 Å². The maximum atomic E-state index is 12.0. The molecule has 2 rings (SSSR count). The molecule has 0 spiro atoms. The van der Waals surface area contributed by atoms with Gasteiger partial charge in [0.05, 0.1) is 0 Å². The molecule has 0 radical (unpaired) electrons. The minimum atomic E-state index is -0.293. The molecule has 5 nitrogen and oxygen atoms in total. The van der Waals surface area contributed by atoms with Gasteiger partial charge in [0.25, 0.3) is 0 Å². The van der Waals surface area contributed by atoms with E-state index in [0.717, 1.165) is 23.2 Å². The van der Waals surface area contributed by atoms with Crippen LogP contribution in [0.2, 0.25) is 0 Å². The maximum absolute atomic E-state index is 12.0. The number of rotatable bonds is 6. The molecule has 0 unspecified atom stereocenters. The number of aryl methyl sites for hydroxylation is 2. The number of para-hydroxylation sites is 1. The van der Waals surface area contributed by atoms with E-state index in [4.69, 9.17) is 12.2 Å². The lowest BCUT2D eigenvalue weighted by molar-refractivity contribution is -0.121. The van der Waals surface area contributed by atoms with Crippen molar-refractivity contribution in [1.29, 1.82) is 0 Å². The average Bonchev–Trinajstić information content (AvgIpc) is 2.66. The summed E-state index contributed by atoms with van der Waals surface area (Å²) in [5.74, 6) is -0.354. The van der Waals surface area contributed by atoms with E-state index in [1.54, 1.807) is 24.3 Å². The van der Waals surface area contributed by atoms with E-state index in [1.807, 2.05) is 31.2 Å². The predicted octanol–water partition coefficient (Wildman–Crippen LogP) is 3.54. The molecule has 2 aromatic rings. The molecule has 0 fully saturated rings. The molecule has 1 amide bonds. The molecule has 0 aliphatic heterocycles. The molecule has 3 N–H and O–H groups in total. The molecular formula is C20H23N3O2S. The first-order valence-corrected chi connectivity index (χ1v) is 8.94. The molecule has 2 aromatic carbocycles. The maximum Gasteiger partial charge on any atom is 0.238 e. The summed E-state index contributed by atoms with van der Waals surface area (Å²) in [6.45, 7) is 4.07. The lowest BCUT2D eigenvalue weighted by Gasteiger charge is -2.16. The van der Waals surface area contributed by atoms with Gasteiger partial charge in [-0.2, -0.15) is 0 Å². The number of benzene rings is 2. The van der Waals surface area contributed by atoms with Crippen molar-refractivity contribution in [1.82, 2.24) is 10.9 Å². The monoisotopic (exact) mass is 369 g/mol. The summed E-state index contributed by atoms with van der Waals surface area (Å²) < 4.78 is 0. The van der Waals surface area contributed by atoms with E-state index < -0.39 is 0 Å². The van der Waals surface area contributed by atoms with Crippen LogP contribution < -0.4 is 16.2 Å². The van der Waals surface area contributed by atoms with Crippen molar-refractivity contribution in [2.75, 3.05) is 5.32 Å². The number of nitrogens with one attached hydrogen (secondary N) is 3. The van der Waals surface area contributed by atoms with Crippen LogP contribution in [0.4, 0.5) is 5.69 Å². The minimum absolute atomic E-state index is 0.0612. The van der Waals surface area contributed by atoms with Gasteiger partial charge >= 0.3 is 0 Å². The van der Waals surface area contributed by atoms with Gasteiger partial charge in [-0.15, -0.1) is 0 Å². The van der Waals surface area contributed by atoms with E-state index in [0.29, 0.717) is 10.7 Å². The number of amides is 1. The highest BCUT2D eigenvalue weighted by Gasteiger charge is 2.10. The smallest absolute Gasteiger partial charge is 0.238 e.